The number of rotatable bonds is 6. The minimum absolute atomic E-state index is 0.343. The van der Waals surface area contributed by atoms with Crippen LogP contribution < -0.4 is 16.4 Å². The lowest BCUT2D eigenvalue weighted by atomic mass is 10.0. The van der Waals surface area contributed by atoms with Gasteiger partial charge in [0.2, 0.25) is 5.91 Å². The fourth-order valence-corrected chi connectivity index (χ4v) is 1.59. The van der Waals surface area contributed by atoms with Crippen molar-refractivity contribution in [3.8, 4) is 0 Å². The van der Waals surface area contributed by atoms with Crippen molar-refractivity contribution < 1.29 is 9.59 Å². The predicted molar refractivity (Wildman–Crippen MR) is 78.5 cm³/mol. The maximum Gasteiger partial charge on any atom is 0.252 e. The van der Waals surface area contributed by atoms with E-state index in [1.807, 2.05) is 13.8 Å². The van der Waals surface area contributed by atoms with E-state index in [0.717, 1.165) is 12.1 Å². The number of amides is 2. The van der Waals surface area contributed by atoms with Gasteiger partial charge in [-0.2, -0.15) is 0 Å². The molecule has 0 aromatic carbocycles. The van der Waals surface area contributed by atoms with E-state index >= 15 is 0 Å². The zero-order valence-electron chi connectivity index (χ0n) is 12.4. The largest absolute Gasteiger partial charge is 0.370 e. The standard InChI is InChI=1S/C14H22N4O2/c1-5-10-7-9(8-11(17-10)16-6-2)12(19)18-14(3,4)13(15)20/h7-8H,5-6H2,1-4H3,(H2,15,20)(H,16,17)(H,18,19). The number of hydrogen-bond acceptors (Lipinski definition) is 4. The molecule has 110 valence electrons. The van der Waals surface area contributed by atoms with E-state index in [4.69, 9.17) is 5.73 Å². The second-order valence-corrected chi connectivity index (χ2v) is 5.06. The number of aromatic nitrogens is 1. The molecule has 0 aliphatic heterocycles. The molecule has 1 rings (SSSR count). The molecule has 0 spiro atoms. The molecule has 6 nitrogen and oxygen atoms in total. The summed E-state index contributed by atoms with van der Waals surface area (Å²) in [6, 6.07) is 3.38. The van der Waals surface area contributed by atoms with Crippen molar-refractivity contribution in [1.82, 2.24) is 10.3 Å². The first-order valence-electron chi connectivity index (χ1n) is 6.67. The molecule has 1 aromatic rings. The Morgan fingerprint density at radius 2 is 1.95 bits per heavy atom. The summed E-state index contributed by atoms with van der Waals surface area (Å²) < 4.78 is 0. The smallest absolute Gasteiger partial charge is 0.252 e. The molecule has 20 heavy (non-hydrogen) atoms. The quantitative estimate of drug-likeness (QED) is 0.725. The van der Waals surface area contributed by atoms with Crippen LogP contribution in [0.25, 0.3) is 0 Å². The lowest BCUT2D eigenvalue weighted by Crippen LogP contribution is -2.53. The molecule has 0 atom stereocenters. The number of aryl methyl sites for hydroxylation is 1. The van der Waals surface area contributed by atoms with Gasteiger partial charge in [0.25, 0.3) is 5.91 Å². The van der Waals surface area contributed by atoms with Crippen LogP contribution in [-0.4, -0.2) is 28.9 Å². The van der Waals surface area contributed by atoms with Crippen molar-refractivity contribution in [2.45, 2.75) is 39.7 Å². The Bertz CT molecular complexity index is 512. The molecule has 0 unspecified atom stereocenters. The number of primary amides is 1. The van der Waals surface area contributed by atoms with Crippen LogP contribution in [-0.2, 0) is 11.2 Å². The molecule has 1 aromatic heterocycles. The normalized spacial score (nSPS) is 11.0. The number of carbonyl (C=O) groups excluding carboxylic acids is 2. The van der Waals surface area contributed by atoms with Gasteiger partial charge in [-0.3, -0.25) is 9.59 Å². The third-order valence-electron chi connectivity index (χ3n) is 2.90. The van der Waals surface area contributed by atoms with Gasteiger partial charge in [-0.15, -0.1) is 0 Å². The predicted octanol–water partition coefficient (Wildman–Crippen LogP) is 1.07. The Labute approximate surface area is 119 Å². The average Bonchev–Trinajstić information content (AvgIpc) is 2.38. The molecule has 0 aliphatic carbocycles. The molecule has 6 heteroatoms. The van der Waals surface area contributed by atoms with E-state index in [-0.39, 0.29) is 5.91 Å². The van der Waals surface area contributed by atoms with E-state index in [9.17, 15) is 9.59 Å². The van der Waals surface area contributed by atoms with Gasteiger partial charge < -0.3 is 16.4 Å². The maximum absolute atomic E-state index is 12.2. The van der Waals surface area contributed by atoms with Crippen molar-refractivity contribution >= 4 is 17.6 Å². The topological polar surface area (TPSA) is 97.1 Å². The van der Waals surface area contributed by atoms with Crippen molar-refractivity contribution in [2.24, 2.45) is 5.73 Å². The molecular formula is C14H22N4O2. The van der Waals surface area contributed by atoms with Crippen molar-refractivity contribution in [1.29, 1.82) is 0 Å². The summed E-state index contributed by atoms with van der Waals surface area (Å²) in [4.78, 5) is 27.9. The summed E-state index contributed by atoms with van der Waals surface area (Å²) in [5.41, 5.74) is 5.43. The number of anilines is 1. The molecule has 0 saturated carbocycles. The van der Waals surface area contributed by atoms with Crippen LogP contribution in [0, 0.1) is 0 Å². The van der Waals surface area contributed by atoms with Crippen LogP contribution in [0.4, 0.5) is 5.82 Å². The number of carbonyl (C=O) groups is 2. The third kappa shape index (κ3) is 3.94. The first-order valence-corrected chi connectivity index (χ1v) is 6.67. The van der Waals surface area contributed by atoms with Crippen molar-refractivity contribution in [2.75, 3.05) is 11.9 Å². The van der Waals surface area contributed by atoms with E-state index < -0.39 is 11.4 Å². The molecule has 0 aliphatic rings. The van der Waals surface area contributed by atoms with Crippen LogP contribution in [0.3, 0.4) is 0 Å². The fraction of sp³-hybridized carbons (Fsp3) is 0.500. The molecule has 1 heterocycles. The summed E-state index contributed by atoms with van der Waals surface area (Å²) >= 11 is 0. The summed E-state index contributed by atoms with van der Waals surface area (Å²) in [5, 5.41) is 5.70. The first kappa shape index (κ1) is 15.9. The van der Waals surface area contributed by atoms with Gasteiger partial charge in [0.1, 0.15) is 11.4 Å². The molecule has 0 fully saturated rings. The number of nitrogens with two attached hydrogens (primary N) is 1. The number of nitrogens with zero attached hydrogens (tertiary/aromatic N) is 1. The van der Waals surface area contributed by atoms with Crippen LogP contribution >= 0.6 is 0 Å². The Hall–Kier alpha value is -2.11. The van der Waals surface area contributed by atoms with E-state index in [2.05, 4.69) is 15.6 Å². The molecule has 0 radical (unpaired) electrons. The molecule has 2 amide bonds. The second-order valence-electron chi connectivity index (χ2n) is 5.06. The highest BCUT2D eigenvalue weighted by atomic mass is 16.2. The zero-order valence-corrected chi connectivity index (χ0v) is 12.4. The van der Waals surface area contributed by atoms with Crippen LogP contribution in [0.2, 0.25) is 0 Å². The highest BCUT2D eigenvalue weighted by Crippen LogP contribution is 2.13. The molecular weight excluding hydrogens is 256 g/mol. The number of nitrogens with one attached hydrogen (secondary N) is 2. The molecule has 0 bridgehead atoms. The van der Waals surface area contributed by atoms with Gasteiger partial charge in [-0.1, -0.05) is 6.92 Å². The van der Waals surface area contributed by atoms with Crippen molar-refractivity contribution in [3.05, 3.63) is 23.4 Å². The summed E-state index contributed by atoms with van der Waals surface area (Å²) in [5.74, 6) is -0.276. The van der Waals surface area contributed by atoms with Crippen LogP contribution in [0.5, 0.6) is 0 Å². The Kier molecular flexibility index (Phi) is 5.07. The molecule has 0 saturated heterocycles. The fourth-order valence-electron chi connectivity index (χ4n) is 1.59. The third-order valence-corrected chi connectivity index (χ3v) is 2.90. The SMILES string of the molecule is CCNc1cc(C(=O)NC(C)(C)C(N)=O)cc(CC)n1. The van der Waals surface area contributed by atoms with Gasteiger partial charge in [0, 0.05) is 17.8 Å². The maximum atomic E-state index is 12.2. The Balaban J connectivity index is 3.03. The lowest BCUT2D eigenvalue weighted by molar-refractivity contribution is -0.122. The monoisotopic (exact) mass is 278 g/mol. The highest BCUT2D eigenvalue weighted by Gasteiger charge is 2.27. The summed E-state index contributed by atoms with van der Waals surface area (Å²) in [7, 11) is 0. The highest BCUT2D eigenvalue weighted by molar-refractivity contribution is 5.99. The number of hydrogen-bond donors (Lipinski definition) is 3. The van der Waals surface area contributed by atoms with E-state index in [0.29, 0.717) is 17.9 Å². The zero-order chi connectivity index (χ0) is 15.3. The van der Waals surface area contributed by atoms with Crippen LogP contribution in [0.15, 0.2) is 12.1 Å². The molecule has 4 N–H and O–H groups in total. The number of pyridine rings is 1. The average molecular weight is 278 g/mol. The summed E-state index contributed by atoms with van der Waals surface area (Å²) in [6.45, 7) is 7.78. The minimum atomic E-state index is -1.09. The lowest BCUT2D eigenvalue weighted by Gasteiger charge is -2.22. The minimum Gasteiger partial charge on any atom is -0.370 e. The van der Waals surface area contributed by atoms with Gasteiger partial charge in [-0.05, 0) is 39.3 Å². The van der Waals surface area contributed by atoms with Crippen LogP contribution in [0.1, 0.15) is 43.7 Å². The van der Waals surface area contributed by atoms with E-state index in [1.54, 1.807) is 26.0 Å². The Morgan fingerprint density at radius 3 is 2.45 bits per heavy atom. The summed E-state index contributed by atoms with van der Waals surface area (Å²) in [6.07, 6.45) is 0.721. The van der Waals surface area contributed by atoms with Crippen molar-refractivity contribution in [3.63, 3.8) is 0 Å². The van der Waals surface area contributed by atoms with E-state index in [1.165, 1.54) is 0 Å². The van der Waals surface area contributed by atoms with Gasteiger partial charge >= 0.3 is 0 Å². The Morgan fingerprint density at radius 1 is 1.30 bits per heavy atom. The van der Waals surface area contributed by atoms with Gasteiger partial charge in [-0.25, -0.2) is 4.98 Å². The van der Waals surface area contributed by atoms with Gasteiger partial charge in [0.05, 0.1) is 0 Å². The van der Waals surface area contributed by atoms with Gasteiger partial charge in [0.15, 0.2) is 0 Å². The first-order chi connectivity index (χ1) is 9.30. The second kappa shape index (κ2) is 6.36.